The normalized spacial score (nSPS) is 15.0. The molecule has 0 aliphatic carbocycles. The molecule has 0 unspecified atom stereocenters. The number of anilines is 1. The Balaban J connectivity index is 1.41. The van der Waals surface area contributed by atoms with Crippen LogP contribution in [0.3, 0.4) is 0 Å². The quantitative estimate of drug-likeness (QED) is 0.588. The van der Waals surface area contributed by atoms with E-state index < -0.39 is 9.84 Å². The van der Waals surface area contributed by atoms with Crippen molar-refractivity contribution in [1.29, 1.82) is 0 Å². The molecule has 3 aromatic rings. The highest BCUT2D eigenvalue weighted by atomic mass is 32.2. The third kappa shape index (κ3) is 5.64. The van der Waals surface area contributed by atoms with Gasteiger partial charge in [-0.25, -0.2) is 18.4 Å². The zero-order valence-electron chi connectivity index (χ0n) is 18.3. The first kappa shape index (κ1) is 22.3. The van der Waals surface area contributed by atoms with E-state index in [0.29, 0.717) is 17.9 Å². The molecule has 1 fully saturated rings. The molecule has 1 saturated heterocycles. The Morgan fingerprint density at radius 3 is 2.50 bits per heavy atom. The van der Waals surface area contributed by atoms with Crippen LogP contribution < -0.4 is 10.2 Å². The van der Waals surface area contributed by atoms with E-state index in [1.807, 2.05) is 42.6 Å². The van der Waals surface area contributed by atoms with Gasteiger partial charge in [0.15, 0.2) is 9.84 Å². The summed E-state index contributed by atoms with van der Waals surface area (Å²) in [5, 5.41) is 2.91. The zero-order chi connectivity index (χ0) is 22.6. The molecule has 0 atom stereocenters. The maximum atomic E-state index is 12.7. The van der Waals surface area contributed by atoms with Crippen LogP contribution in [0.4, 0.5) is 5.82 Å². The van der Waals surface area contributed by atoms with E-state index in [1.165, 1.54) is 31.9 Å². The second kappa shape index (κ2) is 9.68. The number of benzene rings is 1. The molecule has 2 aromatic heterocycles. The van der Waals surface area contributed by atoms with E-state index in [4.69, 9.17) is 0 Å². The molecule has 0 spiro atoms. The molecule has 0 bridgehead atoms. The topological polar surface area (TPSA) is 97.2 Å². The molecule has 9 heteroatoms. The number of hydrogen-bond acceptors (Lipinski definition) is 6. The Labute approximate surface area is 188 Å². The third-order valence-electron chi connectivity index (χ3n) is 5.66. The summed E-state index contributed by atoms with van der Waals surface area (Å²) in [6.45, 7) is 2.44. The van der Waals surface area contributed by atoms with Crippen LogP contribution in [0.2, 0.25) is 0 Å². The summed E-state index contributed by atoms with van der Waals surface area (Å²) in [5.41, 5.74) is 2.33. The molecular weight excluding hydrogens is 426 g/mol. The van der Waals surface area contributed by atoms with Gasteiger partial charge in [0.2, 0.25) is 5.91 Å². The number of nitrogens with one attached hydrogen (secondary N) is 1. The van der Waals surface area contributed by atoms with Crippen molar-refractivity contribution in [1.82, 2.24) is 19.9 Å². The van der Waals surface area contributed by atoms with Crippen LogP contribution in [0.5, 0.6) is 0 Å². The number of carbonyl (C=O) groups is 1. The highest BCUT2D eigenvalue weighted by molar-refractivity contribution is 7.89. The lowest BCUT2D eigenvalue weighted by molar-refractivity contribution is -0.121. The maximum Gasteiger partial charge on any atom is 0.240 e. The Kier molecular flexibility index (Phi) is 6.74. The van der Waals surface area contributed by atoms with Gasteiger partial charge in [-0.2, -0.15) is 0 Å². The van der Waals surface area contributed by atoms with E-state index >= 15 is 0 Å². The van der Waals surface area contributed by atoms with E-state index in [2.05, 4.69) is 20.2 Å². The number of imidazole rings is 1. The van der Waals surface area contributed by atoms with Crippen molar-refractivity contribution in [3.8, 4) is 0 Å². The summed E-state index contributed by atoms with van der Waals surface area (Å²) in [6, 6.07) is 11.3. The lowest BCUT2D eigenvalue weighted by atomic mass is 10.2. The van der Waals surface area contributed by atoms with Crippen LogP contribution in [-0.2, 0) is 33.5 Å². The number of amides is 1. The maximum absolute atomic E-state index is 12.7. The van der Waals surface area contributed by atoms with E-state index in [-0.39, 0.29) is 18.2 Å². The van der Waals surface area contributed by atoms with E-state index in [1.54, 1.807) is 4.57 Å². The number of aromatic nitrogens is 3. The lowest BCUT2D eigenvalue weighted by Crippen LogP contribution is -2.28. The van der Waals surface area contributed by atoms with Gasteiger partial charge in [0.05, 0.1) is 11.0 Å². The Hall–Kier alpha value is -2.94. The number of rotatable bonds is 7. The molecule has 1 amide bonds. The number of para-hydroxylation sites is 2. The molecule has 1 aliphatic heterocycles. The second-order valence-corrected chi connectivity index (χ2v) is 10.5. The van der Waals surface area contributed by atoms with Gasteiger partial charge in [-0.3, -0.25) is 4.79 Å². The minimum atomic E-state index is -3.28. The summed E-state index contributed by atoms with van der Waals surface area (Å²) in [4.78, 5) is 24.0. The van der Waals surface area contributed by atoms with Crippen molar-refractivity contribution in [2.75, 3.05) is 24.2 Å². The number of fused-ring (bicyclic) bond motifs is 1. The van der Waals surface area contributed by atoms with Crippen LogP contribution in [0.1, 0.15) is 37.1 Å². The predicted octanol–water partition coefficient (Wildman–Crippen LogP) is 2.67. The molecule has 3 heterocycles. The molecule has 8 nitrogen and oxygen atoms in total. The molecule has 32 heavy (non-hydrogen) atoms. The highest BCUT2D eigenvalue weighted by Gasteiger charge is 2.17. The fraction of sp³-hybridized carbons (Fsp3) is 0.435. The van der Waals surface area contributed by atoms with Crippen molar-refractivity contribution >= 4 is 32.6 Å². The van der Waals surface area contributed by atoms with Crippen molar-refractivity contribution in [3.05, 3.63) is 54.0 Å². The average molecular weight is 456 g/mol. The van der Waals surface area contributed by atoms with Crippen LogP contribution in [0, 0.1) is 0 Å². The van der Waals surface area contributed by atoms with Crippen molar-refractivity contribution in [2.24, 2.45) is 0 Å². The Morgan fingerprint density at radius 2 is 1.81 bits per heavy atom. The number of sulfone groups is 1. The van der Waals surface area contributed by atoms with Crippen LogP contribution in [0.25, 0.3) is 11.0 Å². The van der Waals surface area contributed by atoms with Gasteiger partial charge in [-0.15, -0.1) is 0 Å². The molecule has 4 rings (SSSR count). The number of hydrogen-bond donors (Lipinski definition) is 1. The zero-order valence-corrected chi connectivity index (χ0v) is 19.1. The van der Waals surface area contributed by atoms with Gasteiger partial charge >= 0.3 is 0 Å². The van der Waals surface area contributed by atoms with Gasteiger partial charge in [-0.05, 0) is 36.6 Å². The van der Waals surface area contributed by atoms with Crippen LogP contribution in [-0.4, -0.2) is 48.2 Å². The smallest absolute Gasteiger partial charge is 0.240 e. The molecular formula is C23H29N5O3S. The monoisotopic (exact) mass is 455 g/mol. The van der Waals surface area contributed by atoms with Crippen LogP contribution >= 0.6 is 0 Å². The van der Waals surface area contributed by atoms with Gasteiger partial charge in [-0.1, -0.05) is 31.0 Å². The number of carbonyl (C=O) groups excluding carboxylic acids is 1. The van der Waals surface area contributed by atoms with E-state index in [0.717, 1.165) is 30.0 Å². The first-order valence-electron chi connectivity index (χ1n) is 11.0. The second-order valence-electron chi connectivity index (χ2n) is 8.38. The summed E-state index contributed by atoms with van der Waals surface area (Å²) < 4.78 is 25.3. The molecule has 170 valence electrons. The van der Waals surface area contributed by atoms with Gasteiger partial charge < -0.3 is 14.8 Å². The molecule has 1 aliphatic rings. The Bertz CT molecular complexity index is 1180. The first-order chi connectivity index (χ1) is 15.4. The minimum Gasteiger partial charge on any atom is -0.357 e. The fourth-order valence-electron chi connectivity index (χ4n) is 4.05. The van der Waals surface area contributed by atoms with Crippen molar-refractivity contribution in [3.63, 3.8) is 0 Å². The average Bonchev–Trinajstić information content (AvgIpc) is 2.93. The fourth-order valence-corrected chi connectivity index (χ4v) is 4.74. The summed E-state index contributed by atoms with van der Waals surface area (Å²) in [7, 11) is -3.28. The van der Waals surface area contributed by atoms with Gasteiger partial charge in [0.25, 0.3) is 0 Å². The number of pyridine rings is 1. The highest BCUT2D eigenvalue weighted by Crippen LogP contribution is 2.19. The standard InChI is InChI=1S/C23H29N5O3S/c1-32(30,31)17-22-26-19-8-4-5-9-20(19)28(22)16-23(29)25-15-18-10-11-21(24-14-18)27-12-6-2-3-7-13-27/h4-5,8-11,14H,2-3,6-7,12-13,15-17H2,1H3,(H,25,29). The van der Waals surface area contributed by atoms with E-state index in [9.17, 15) is 13.2 Å². The summed E-state index contributed by atoms with van der Waals surface area (Å²) in [5.74, 6) is 0.931. The summed E-state index contributed by atoms with van der Waals surface area (Å²) in [6.07, 6.45) is 7.92. The van der Waals surface area contributed by atoms with Gasteiger partial charge in [0, 0.05) is 32.1 Å². The van der Waals surface area contributed by atoms with Crippen LogP contribution in [0.15, 0.2) is 42.6 Å². The number of nitrogens with zero attached hydrogens (tertiary/aromatic N) is 4. The molecule has 0 radical (unpaired) electrons. The minimum absolute atomic E-state index is 0.00462. The molecule has 1 aromatic carbocycles. The first-order valence-corrected chi connectivity index (χ1v) is 13.0. The largest absolute Gasteiger partial charge is 0.357 e. The van der Waals surface area contributed by atoms with Crippen molar-refractivity contribution in [2.45, 2.75) is 44.5 Å². The predicted molar refractivity (Wildman–Crippen MR) is 125 cm³/mol. The Morgan fingerprint density at radius 1 is 1.06 bits per heavy atom. The van der Waals surface area contributed by atoms with Crippen molar-refractivity contribution < 1.29 is 13.2 Å². The summed E-state index contributed by atoms with van der Waals surface area (Å²) >= 11 is 0. The third-order valence-corrected chi connectivity index (χ3v) is 6.44. The molecule has 1 N–H and O–H groups in total. The SMILES string of the molecule is CS(=O)(=O)Cc1nc2ccccc2n1CC(=O)NCc1ccc(N2CCCCCC2)nc1. The molecule has 0 saturated carbocycles. The lowest BCUT2D eigenvalue weighted by Gasteiger charge is -2.21. The van der Waals surface area contributed by atoms with Gasteiger partial charge in [0.1, 0.15) is 23.9 Å².